The highest BCUT2D eigenvalue weighted by molar-refractivity contribution is 4.81. The van der Waals surface area contributed by atoms with Crippen molar-refractivity contribution in [1.82, 2.24) is 14.9 Å². The van der Waals surface area contributed by atoms with Crippen LogP contribution in [-0.2, 0) is 6.54 Å². The van der Waals surface area contributed by atoms with Gasteiger partial charge in [0, 0.05) is 18.9 Å². The second-order valence-corrected chi connectivity index (χ2v) is 3.02. The van der Waals surface area contributed by atoms with E-state index in [2.05, 4.69) is 10.3 Å². The van der Waals surface area contributed by atoms with Crippen LogP contribution in [0.25, 0.3) is 0 Å². The van der Waals surface area contributed by atoms with Crippen LogP contribution in [-0.4, -0.2) is 33.9 Å². The number of aliphatic hydroxyl groups is 1. The fourth-order valence-electron chi connectivity index (χ4n) is 1.13. The summed E-state index contributed by atoms with van der Waals surface area (Å²) in [5.41, 5.74) is -0.331. The van der Waals surface area contributed by atoms with Gasteiger partial charge >= 0.3 is 5.69 Å². The normalized spacial score (nSPS) is 12.7. The molecule has 0 aromatic carbocycles. The molecule has 1 atom stereocenters. The molecule has 78 valence electrons. The molecule has 5 nitrogen and oxygen atoms in total. The fraction of sp³-hybridized carbons (Fsp3) is 0.556. The summed E-state index contributed by atoms with van der Waals surface area (Å²) in [6.45, 7) is 3.53. The van der Waals surface area contributed by atoms with Crippen molar-refractivity contribution in [1.29, 1.82) is 0 Å². The van der Waals surface area contributed by atoms with Crippen LogP contribution in [0.1, 0.15) is 6.92 Å². The lowest BCUT2D eigenvalue weighted by Crippen LogP contribution is -2.34. The molecular weight excluding hydrogens is 182 g/mol. The summed E-state index contributed by atoms with van der Waals surface area (Å²) in [4.78, 5) is 14.7. The Morgan fingerprint density at radius 2 is 2.50 bits per heavy atom. The standard InChI is InChI=1S/C9H15N3O2/c1-2-10-6-8(13)7-12-5-3-4-11-9(12)14/h3-5,8,10,13H,2,6-7H2,1H3. The van der Waals surface area contributed by atoms with Gasteiger partial charge in [-0.2, -0.15) is 0 Å². The zero-order valence-corrected chi connectivity index (χ0v) is 8.18. The molecule has 5 heteroatoms. The van der Waals surface area contributed by atoms with Crippen LogP contribution >= 0.6 is 0 Å². The molecule has 1 heterocycles. The van der Waals surface area contributed by atoms with Crippen LogP contribution in [0.4, 0.5) is 0 Å². The maximum absolute atomic E-state index is 11.1. The van der Waals surface area contributed by atoms with Crippen LogP contribution in [0.3, 0.4) is 0 Å². The molecule has 0 radical (unpaired) electrons. The third-order valence-electron chi connectivity index (χ3n) is 1.82. The Kier molecular flexibility index (Phi) is 4.28. The van der Waals surface area contributed by atoms with Crippen molar-refractivity contribution in [2.24, 2.45) is 0 Å². The Bertz CT molecular complexity index is 324. The summed E-state index contributed by atoms with van der Waals surface area (Å²) in [6, 6.07) is 1.67. The molecule has 0 aliphatic rings. The second kappa shape index (κ2) is 5.51. The van der Waals surface area contributed by atoms with Crippen molar-refractivity contribution in [3.63, 3.8) is 0 Å². The minimum Gasteiger partial charge on any atom is -0.390 e. The van der Waals surface area contributed by atoms with Gasteiger partial charge in [-0.15, -0.1) is 0 Å². The number of nitrogens with one attached hydrogen (secondary N) is 1. The van der Waals surface area contributed by atoms with E-state index < -0.39 is 6.10 Å². The Labute approximate surface area is 82.4 Å². The van der Waals surface area contributed by atoms with Crippen molar-refractivity contribution < 1.29 is 5.11 Å². The number of aliphatic hydroxyl groups excluding tert-OH is 1. The maximum atomic E-state index is 11.1. The maximum Gasteiger partial charge on any atom is 0.347 e. The zero-order chi connectivity index (χ0) is 10.4. The van der Waals surface area contributed by atoms with Gasteiger partial charge in [0.25, 0.3) is 0 Å². The number of aromatic nitrogens is 2. The summed E-state index contributed by atoms with van der Waals surface area (Å²) in [6.07, 6.45) is 2.50. The van der Waals surface area contributed by atoms with E-state index in [1.54, 1.807) is 12.3 Å². The number of nitrogens with zero attached hydrogens (tertiary/aromatic N) is 2. The molecule has 0 spiro atoms. The van der Waals surface area contributed by atoms with Gasteiger partial charge in [-0.3, -0.25) is 4.57 Å². The Morgan fingerprint density at radius 1 is 1.71 bits per heavy atom. The van der Waals surface area contributed by atoms with E-state index in [0.29, 0.717) is 6.54 Å². The minimum atomic E-state index is -0.558. The molecule has 1 aromatic rings. The van der Waals surface area contributed by atoms with E-state index in [0.717, 1.165) is 6.54 Å². The Hall–Kier alpha value is -1.20. The summed E-state index contributed by atoms with van der Waals surface area (Å²) in [7, 11) is 0. The van der Waals surface area contributed by atoms with Crippen molar-refractivity contribution in [3.05, 3.63) is 28.9 Å². The third-order valence-corrected chi connectivity index (χ3v) is 1.82. The molecule has 1 unspecified atom stereocenters. The molecule has 1 rings (SSSR count). The zero-order valence-electron chi connectivity index (χ0n) is 8.18. The first-order valence-electron chi connectivity index (χ1n) is 4.64. The van der Waals surface area contributed by atoms with Crippen molar-refractivity contribution >= 4 is 0 Å². The highest BCUT2D eigenvalue weighted by Gasteiger charge is 2.04. The first-order chi connectivity index (χ1) is 6.74. The van der Waals surface area contributed by atoms with Crippen molar-refractivity contribution in [2.45, 2.75) is 19.6 Å². The lowest BCUT2D eigenvalue weighted by atomic mass is 10.3. The Balaban J connectivity index is 2.52. The van der Waals surface area contributed by atoms with E-state index in [1.807, 2.05) is 6.92 Å². The van der Waals surface area contributed by atoms with Crippen LogP contribution in [0, 0.1) is 0 Å². The van der Waals surface area contributed by atoms with Gasteiger partial charge in [0.15, 0.2) is 0 Å². The minimum absolute atomic E-state index is 0.277. The van der Waals surface area contributed by atoms with Crippen molar-refractivity contribution in [2.75, 3.05) is 13.1 Å². The highest BCUT2D eigenvalue weighted by atomic mass is 16.3. The Morgan fingerprint density at radius 3 is 3.14 bits per heavy atom. The van der Waals surface area contributed by atoms with Gasteiger partial charge in [-0.25, -0.2) is 9.78 Å². The van der Waals surface area contributed by atoms with E-state index in [4.69, 9.17) is 0 Å². The largest absolute Gasteiger partial charge is 0.390 e. The molecule has 0 saturated carbocycles. The predicted octanol–water partition coefficient (Wildman–Crippen LogP) is -0.786. The summed E-state index contributed by atoms with van der Waals surface area (Å²) < 4.78 is 1.39. The van der Waals surface area contributed by atoms with Crippen molar-refractivity contribution in [3.8, 4) is 0 Å². The lowest BCUT2D eigenvalue weighted by molar-refractivity contribution is 0.150. The van der Waals surface area contributed by atoms with Crippen LogP contribution in [0.2, 0.25) is 0 Å². The topological polar surface area (TPSA) is 67.2 Å². The SMILES string of the molecule is CCNCC(O)Cn1cccnc1=O. The molecule has 0 saturated heterocycles. The predicted molar refractivity (Wildman–Crippen MR) is 53.0 cm³/mol. The number of rotatable bonds is 5. The van der Waals surface area contributed by atoms with Gasteiger partial charge in [0.1, 0.15) is 0 Å². The molecule has 2 N–H and O–H groups in total. The highest BCUT2D eigenvalue weighted by Crippen LogP contribution is 1.86. The lowest BCUT2D eigenvalue weighted by Gasteiger charge is -2.11. The van der Waals surface area contributed by atoms with Crippen LogP contribution in [0.15, 0.2) is 23.3 Å². The van der Waals surface area contributed by atoms with Gasteiger partial charge in [-0.1, -0.05) is 6.92 Å². The third kappa shape index (κ3) is 3.27. The second-order valence-electron chi connectivity index (χ2n) is 3.02. The molecule has 14 heavy (non-hydrogen) atoms. The van der Waals surface area contributed by atoms with Gasteiger partial charge in [-0.05, 0) is 12.6 Å². The number of hydrogen-bond acceptors (Lipinski definition) is 4. The molecule has 0 bridgehead atoms. The van der Waals surface area contributed by atoms with E-state index in [-0.39, 0.29) is 12.2 Å². The van der Waals surface area contributed by atoms with Gasteiger partial charge in [0.05, 0.1) is 12.6 Å². The average molecular weight is 197 g/mol. The molecule has 0 amide bonds. The molecule has 0 aliphatic heterocycles. The first-order valence-corrected chi connectivity index (χ1v) is 4.64. The molecule has 0 fully saturated rings. The van der Waals surface area contributed by atoms with Gasteiger partial charge in [0.2, 0.25) is 0 Å². The summed E-state index contributed by atoms with van der Waals surface area (Å²) >= 11 is 0. The van der Waals surface area contributed by atoms with E-state index in [9.17, 15) is 9.90 Å². The van der Waals surface area contributed by atoms with Crippen LogP contribution in [0.5, 0.6) is 0 Å². The first kappa shape index (κ1) is 10.9. The smallest absolute Gasteiger partial charge is 0.347 e. The number of likely N-dealkylation sites (N-methyl/N-ethyl adjacent to an activating group) is 1. The van der Waals surface area contributed by atoms with Gasteiger partial charge < -0.3 is 10.4 Å². The van der Waals surface area contributed by atoms with Crippen LogP contribution < -0.4 is 11.0 Å². The fourth-order valence-corrected chi connectivity index (χ4v) is 1.13. The summed E-state index contributed by atoms with van der Waals surface area (Å²) in [5, 5.41) is 12.5. The quantitative estimate of drug-likeness (QED) is 0.649. The summed E-state index contributed by atoms with van der Waals surface area (Å²) in [5.74, 6) is 0. The average Bonchev–Trinajstić information content (AvgIpc) is 2.18. The number of hydrogen-bond donors (Lipinski definition) is 2. The molecular formula is C9H15N3O2. The molecule has 1 aromatic heterocycles. The molecule has 0 aliphatic carbocycles. The van der Waals surface area contributed by atoms with E-state index >= 15 is 0 Å². The monoisotopic (exact) mass is 197 g/mol. The van der Waals surface area contributed by atoms with E-state index in [1.165, 1.54) is 10.8 Å².